The second kappa shape index (κ2) is 11.7. The molecule has 1 nitrogen and oxygen atoms in total. The molecule has 2 bridgehead atoms. The summed E-state index contributed by atoms with van der Waals surface area (Å²) in [4.78, 5) is 2.48. The van der Waals surface area contributed by atoms with E-state index in [0.717, 1.165) is 17.5 Å². The van der Waals surface area contributed by atoms with Crippen LogP contribution in [0.4, 0.5) is 17.1 Å². The molecule has 6 aromatic carbocycles. The third-order valence-electron chi connectivity index (χ3n) is 12.0. The standard InChI is InChI=1S/C47H43N/c1-32-27-34-29-33(2)47(38(28-32)30-34)44-19-11-9-18-42(44)43-31-40(25-26-45(43)47)48(39-23-21-36(22-24-39)35-13-5-3-6-14-35)46-20-12-10-17-41(46)37-15-7-4-8-16-37/h3-26,31-34,38H,27-30H2,1-2H3/t32-,33+,34-,38-,47?/m0/s1. The van der Waals surface area contributed by atoms with Crippen molar-refractivity contribution in [3.63, 3.8) is 0 Å². The van der Waals surface area contributed by atoms with Crippen molar-refractivity contribution in [2.24, 2.45) is 23.7 Å². The molecule has 48 heavy (non-hydrogen) atoms. The predicted molar refractivity (Wildman–Crippen MR) is 202 cm³/mol. The Bertz CT molecular complexity index is 2070. The molecule has 0 aliphatic heterocycles. The molecule has 0 saturated heterocycles. The van der Waals surface area contributed by atoms with Crippen LogP contribution in [0.15, 0.2) is 152 Å². The first-order valence-electron chi connectivity index (χ1n) is 18.0. The Morgan fingerprint density at radius 2 is 1.08 bits per heavy atom. The Balaban J connectivity index is 1.23. The number of benzene rings is 6. The number of hydrogen-bond donors (Lipinski definition) is 0. The summed E-state index contributed by atoms with van der Waals surface area (Å²) < 4.78 is 0. The summed E-state index contributed by atoms with van der Waals surface area (Å²) in [5.41, 5.74) is 14.6. The minimum Gasteiger partial charge on any atom is -0.310 e. The number of hydrogen-bond acceptors (Lipinski definition) is 1. The van der Waals surface area contributed by atoms with Gasteiger partial charge in [-0.25, -0.2) is 0 Å². The molecule has 0 aromatic heterocycles. The van der Waals surface area contributed by atoms with E-state index in [1.807, 2.05) is 0 Å². The Hall–Kier alpha value is -4.88. The molecule has 1 spiro atoms. The number of para-hydroxylation sites is 1. The molecule has 0 radical (unpaired) electrons. The molecule has 0 amide bonds. The number of fused-ring (bicyclic) bond motifs is 8. The Morgan fingerprint density at radius 1 is 0.479 bits per heavy atom. The topological polar surface area (TPSA) is 3.24 Å². The maximum absolute atomic E-state index is 2.56. The van der Waals surface area contributed by atoms with E-state index in [1.54, 1.807) is 11.1 Å². The van der Waals surface area contributed by atoms with Gasteiger partial charge in [0, 0.05) is 22.4 Å². The number of anilines is 3. The van der Waals surface area contributed by atoms with Crippen LogP contribution in [0, 0.1) is 23.7 Å². The first-order chi connectivity index (χ1) is 23.6. The average molecular weight is 622 g/mol. The monoisotopic (exact) mass is 621 g/mol. The van der Waals surface area contributed by atoms with Crippen LogP contribution in [0.2, 0.25) is 0 Å². The van der Waals surface area contributed by atoms with Crippen molar-refractivity contribution in [3.8, 4) is 33.4 Å². The predicted octanol–water partition coefficient (Wildman–Crippen LogP) is 12.8. The summed E-state index contributed by atoms with van der Waals surface area (Å²) in [6.45, 7) is 5.06. The molecule has 2 saturated carbocycles. The van der Waals surface area contributed by atoms with Crippen molar-refractivity contribution in [1.82, 2.24) is 0 Å². The normalized spacial score (nSPS) is 23.8. The van der Waals surface area contributed by atoms with E-state index < -0.39 is 0 Å². The van der Waals surface area contributed by atoms with Gasteiger partial charge in [0.15, 0.2) is 0 Å². The van der Waals surface area contributed by atoms with Crippen LogP contribution in [0.3, 0.4) is 0 Å². The quantitative estimate of drug-likeness (QED) is 0.185. The minimum atomic E-state index is 0.0970. The van der Waals surface area contributed by atoms with Gasteiger partial charge in [0.2, 0.25) is 0 Å². The van der Waals surface area contributed by atoms with E-state index in [9.17, 15) is 0 Å². The summed E-state index contributed by atoms with van der Waals surface area (Å²) in [5, 5.41) is 0. The zero-order chi connectivity index (χ0) is 32.2. The van der Waals surface area contributed by atoms with E-state index in [-0.39, 0.29) is 5.41 Å². The van der Waals surface area contributed by atoms with Gasteiger partial charge < -0.3 is 4.90 Å². The van der Waals surface area contributed by atoms with Gasteiger partial charge in [-0.1, -0.05) is 135 Å². The van der Waals surface area contributed by atoms with Crippen LogP contribution in [-0.2, 0) is 5.41 Å². The fraction of sp³-hybridized carbons (Fsp3) is 0.234. The van der Waals surface area contributed by atoms with E-state index >= 15 is 0 Å². The fourth-order valence-corrected chi connectivity index (χ4v) is 10.2. The molecular weight excluding hydrogens is 579 g/mol. The highest BCUT2D eigenvalue weighted by Gasteiger charge is 2.56. The lowest BCUT2D eigenvalue weighted by Crippen LogP contribution is -2.49. The van der Waals surface area contributed by atoms with Gasteiger partial charge in [0.05, 0.1) is 5.69 Å². The Morgan fingerprint density at radius 3 is 1.85 bits per heavy atom. The van der Waals surface area contributed by atoms with E-state index in [2.05, 4.69) is 170 Å². The SMILES string of the molecule is C[C@H]1C[C@@H]2C[C@H](C1)C1(c3ccccc3-c3cc(N(c4ccc(-c5ccccc5)cc4)c4ccccc4-c4ccccc4)ccc31)[C@H](C)C2. The van der Waals surface area contributed by atoms with Crippen molar-refractivity contribution in [2.45, 2.75) is 44.9 Å². The lowest BCUT2D eigenvalue weighted by Gasteiger charge is -2.54. The van der Waals surface area contributed by atoms with Crippen LogP contribution >= 0.6 is 0 Å². The van der Waals surface area contributed by atoms with Gasteiger partial charge >= 0.3 is 0 Å². The van der Waals surface area contributed by atoms with Crippen LogP contribution in [0.5, 0.6) is 0 Å². The molecule has 5 atom stereocenters. The molecular formula is C47H43N. The van der Waals surface area contributed by atoms with Crippen LogP contribution in [0.1, 0.15) is 50.7 Å². The summed E-state index contributed by atoms with van der Waals surface area (Å²) >= 11 is 0. The zero-order valence-corrected chi connectivity index (χ0v) is 28.0. The molecule has 0 heterocycles. The van der Waals surface area contributed by atoms with E-state index in [1.165, 1.54) is 70.4 Å². The lowest BCUT2D eigenvalue weighted by atomic mass is 9.49. The Labute approximate surface area is 285 Å². The van der Waals surface area contributed by atoms with Gasteiger partial charge in [0.1, 0.15) is 0 Å². The zero-order valence-electron chi connectivity index (χ0n) is 28.0. The average Bonchev–Trinajstić information content (AvgIpc) is 3.43. The molecule has 3 aliphatic rings. The van der Waals surface area contributed by atoms with Crippen molar-refractivity contribution in [3.05, 3.63) is 163 Å². The fourth-order valence-electron chi connectivity index (χ4n) is 10.2. The molecule has 9 rings (SSSR count). The lowest BCUT2D eigenvalue weighted by molar-refractivity contribution is 0.0426. The molecule has 1 heteroatoms. The second-order valence-electron chi connectivity index (χ2n) is 14.8. The van der Waals surface area contributed by atoms with Crippen LogP contribution < -0.4 is 4.90 Å². The maximum Gasteiger partial charge on any atom is 0.0540 e. The van der Waals surface area contributed by atoms with Crippen LogP contribution in [0.25, 0.3) is 33.4 Å². The number of nitrogens with zero attached hydrogens (tertiary/aromatic N) is 1. The first-order valence-corrected chi connectivity index (χ1v) is 18.0. The maximum atomic E-state index is 2.56. The third-order valence-corrected chi connectivity index (χ3v) is 12.0. The van der Waals surface area contributed by atoms with Crippen molar-refractivity contribution in [2.75, 3.05) is 4.90 Å². The molecule has 6 aromatic rings. The van der Waals surface area contributed by atoms with Crippen molar-refractivity contribution in [1.29, 1.82) is 0 Å². The highest BCUT2D eigenvalue weighted by molar-refractivity contribution is 5.91. The highest BCUT2D eigenvalue weighted by atomic mass is 15.1. The van der Waals surface area contributed by atoms with E-state index in [0.29, 0.717) is 11.8 Å². The van der Waals surface area contributed by atoms with Crippen molar-refractivity contribution < 1.29 is 0 Å². The number of rotatable bonds is 5. The third kappa shape index (κ3) is 4.59. The molecule has 236 valence electrons. The van der Waals surface area contributed by atoms with Gasteiger partial charge in [-0.2, -0.15) is 0 Å². The summed E-state index contributed by atoms with van der Waals surface area (Å²) in [7, 11) is 0. The molecule has 2 fully saturated rings. The summed E-state index contributed by atoms with van der Waals surface area (Å²) in [6.07, 6.45) is 5.44. The Kier molecular flexibility index (Phi) is 7.12. The van der Waals surface area contributed by atoms with Crippen molar-refractivity contribution >= 4 is 17.1 Å². The largest absolute Gasteiger partial charge is 0.310 e. The van der Waals surface area contributed by atoms with Gasteiger partial charge in [-0.3, -0.25) is 0 Å². The van der Waals surface area contributed by atoms with Gasteiger partial charge in [-0.05, 0) is 119 Å². The van der Waals surface area contributed by atoms with E-state index in [4.69, 9.17) is 0 Å². The first kappa shape index (κ1) is 29.3. The molecule has 3 aliphatic carbocycles. The van der Waals surface area contributed by atoms with Gasteiger partial charge in [-0.15, -0.1) is 0 Å². The van der Waals surface area contributed by atoms with Gasteiger partial charge in [0.25, 0.3) is 0 Å². The summed E-state index contributed by atoms with van der Waals surface area (Å²) in [6, 6.07) is 56.4. The molecule has 0 N–H and O–H groups in total. The smallest absolute Gasteiger partial charge is 0.0540 e. The minimum absolute atomic E-state index is 0.0970. The second-order valence-corrected chi connectivity index (χ2v) is 14.8. The van der Waals surface area contributed by atoms with Crippen LogP contribution in [-0.4, -0.2) is 0 Å². The molecule has 1 unspecified atom stereocenters. The highest BCUT2D eigenvalue weighted by Crippen LogP contribution is 2.65. The summed E-state index contributed by atoms with van der Waals surface area (Å²) in [5.74, 6) is 3.00.